The second-order valence-corrected chi connectivity index (χ2v) is 4.29. The number of fused-ring (bicyclic) bond motifs is 1. The first-order valence-electron chi connectivity index (χ1n) is 5.75. The number of aromatic nitrogens is 2. The number of nitrogens with one attached hydrogen (secondary N) is 1. The smallest absolute Gasteiger partial charge is 0.236 e. The van der Waals surface area contributed by atoms with Gasteiger partial charge in [0.15, 0.2) is 0 Å². The monoisotopic (exact) mass is 248 g/mol. The van der Waals surface area contributed by atoms with Gasteiger partial charge in [-0.2, -0.15) is 0 Å². The molecule has 0 spiro atoms. The number of carbonyl (C=O) groups is 1. The molecule has 0 unspecified atom stereocenters. The normalized spacial score (nSPS) is 12.9. The highest BCUT2D eigenvalue weighted by atomic mass is 16.6. The molecule has 1 N–H and O–H groups in total. The van der Waals surface area contributed by atoms with Crippen LogP contribution in [0, 0.1) is 0 Å². The van der Waals surface area contributed by atoms with E-state index < -0.39 is 0 Å². The molecule has 6 heteroatoms. The molecule has 0 aliphatic rings. The second kappa shape index (κ2) is 5.14. The molecular formula is C12H16N4O2. The highest BCUT2D eigenvalue weighted by Gasteiger charge is 2.16. The van der Waals surface area contributed by atoms with Crippen molar-refractivity contribution in [3.8, 4) is 0 Å². The van der Waals surface area contributed by atoms with Crippen molar-refractivity contribution >= 4 is 16.9 Å². The SMILES string of the molecule is CNC(=O)[C@H](C)N(C)Cc1ccc2nonc2c1. The number of amides is 1. The summed E-state index contributed by atoms with van der Waals surface area (Å²) in [5, 5.41) is 10.2. The van der Waals surface area contributed by atoms with Gasteiger partial charge >= 0.3 is 0 Å². The molecule has 1 amide bonds. The Labute approximate surface area is 105 Å². The Bertz CT molecular complexity index is 552. The van der Waals surface area contributed by atoms with E-state index in [1.807, 2.05) is 37.1 Å². The minimum atomic E-state index is -0.180. The van der Waals surface area contributed by atoms with Gasteiger partial charge in [0.05, 0.1) is 6.04 Å². The number of likely N-dealkylation sites (N-methyl/N-ethyl adjacent to an activating group) is 2. The van der Waals surface area contributed by atoms with Crippen molar-refractivity contribution in [1.29, 1.82) is 0 Å². The molecule has 0 bridgehead atoms. The summed E-state index contributed by atoms with van der Waals surface area (Å²) in [6.07, 6.45) is 0. The number of nitrogens with zero attached hydrogens (tertiary/aromatic N) is 3. The Kier molecular flexibility index (Phi) is 3.57. The van der Waals surface area contributed by atoms with Gasteiger partial charge in [0.2, 0.25) is 5.91 Å². The van der Waals surface area contributed by atoms with Crippen LogP contribution in [0.4, 0.5) is 0 Å². The minimum Gasteiger partial charge on any atom is -0.358 e. The highest BCUT2D eigenvalue weighted by Crippen LogP contribution is 2.13. The molecule has 0 saturated heterocycles. The summed E-state index contributed by atoms with van der Waals surface area (Å²) in [6.45, 7) is 2.53. The first-order chi connectivity index (χ1) is 8.61. The number of hydrogen-bond acceptors (Lipinski definition) is 5. The van der Waals surface area contributed by atoms with Crippen LogP contribution in [0.2, 0.25) is 0 Å². The predicted molar refractivity (Wildman–Crippen MR) is 66.8 cm³/mol. The van der Waals surface area contributed by atoms with Crippen LogP contribution in [0.3, 0.4) is 0 Å². The van der Waals surface area contributed by atoms with E-state index in [2.05, 4.69) is 20.3 Å². The summed E-state index contributed by atoms with van der Waals surface area (Å²) >= 11 is 0. The van der Waals surface area contributed by atoms with Crippen molar-refractivity contribution in [3.63, 3.8) is 0 Å². The second-order valence-electron chi connectivity index (χ2n) is 4.29. The highest BCUT2D eigenvalue weighted by molar-refractivity contribution is 5.81. The summed E-state index contributed by atoms with van der Waals surface area (Å²) in [4.78, 5) is 13.5. The number of carbonyl (C=O) groups excluding carboxylic acids is 1. The van der Waals surface area contributed by atoms with Crippen LogP contribution in [0.1, 0.15) is 12.5 Å². The van der Waals surface area contributed by atoms with Crippen molar-refractivity contribution in [2.24, 2.45) is 0 Å². The van der Waals surface area contributed by atoms with Crippen molar-refractivity contribution in [2.75, 3.05) is 14.1 Å². The lowest BCUT2D eigenvalue weighted by atomic mass is 10.1. The maximum atomic E-state index is 11.5. The fraction of sp³-hybridized carbons (Fsp3) is 0.417. The van der Waals surface area contributed by atoms with Gasteiger partial charge in [-0.3, -0.25) is 9.69 Å². The zero-order chi connectivity index (χ0) is 13.1. The maximum Gasteiger partial charge on any atom is 0.236 e. The van der Waals surface area contributed by atoms with E-state index in [1.54, 1.807) is 7.05 Å². The van der Waals surface area contributed by atoms with Gasteiger partial charge in [0.25, 0.3) is 0 Å². The third-order valence-electron chi connectivity index (χ3n) is 3.04. The molecule has 0 saturated carbocycles. The van der Waals surface area contributed by atoms with Gasteiger partial charge in [-0.1, -0.05) is 6.07 Å². The van der Waals surface area contributed by atoms with E-state index in [4.69, 9.17) is 0 Å². The minimum absolute atomic E-state index is 0.00156. The van der Waals surface area contributed by atoms with Gasteiger partial charge in [0.1, 0.15) is 11.0 Å². The van der Waals surface area contributed by atoms with Crippen LogP contribution in [0.25, 0.3) is 11.0 Å². The Hall–Kier alpha value is -1.95. The number of hydrogen-bond donors (Lipinski definition) is 1. The lowest BCUT2D eigenvalue weighted by Gasteiger charge is -2.23. The van der Waals surface area contributed by atoms with Crippen LogP contribution in [0.15, 0.2) is 22.8 Å². The maximum absolute atomic E-state index is 11.5. The lowest BCUT2D eigenvalue weighted by molar-refractivity contribution is -0.125. The molecule has 6 nitrogen and oxygen atoms in total. The van der Waals surface area contributed by atoms with Gasteiger partial charge in [-0.05, 0) is 42.0 Å². The van der Waals surface area contributed by atoms with Gasteiger partial charge in [-0.25, -0.2) is 4.63 Å². The Morgan fingerprint density at radius 1 is 1.44 bits per heavy atom. The summed E-state index contributed by atoms with van der Waals surface area (Å²) in [6, 6.07) is 5.55. The van der Waals surface area contributed by atoms with Gasteiger partial charge in [0, 0.05) is 13.6 Å². The van der Waals surface area contributed by atoms with E-state index in [-0.39, 0.29) is 11.9 Å². The Morgan fingerprint density at radius 3 is 2.89 bits per heavy atom. The molecule has 0 aliphatic carbocycles. The van der Waals surface area contributed by atoms with E-state index in [9.17, 15) is 4.79 Å². The molecule has 2 rings (SSSR count). The number of benzene rings is 1. The largest absolute Gasteiger partial charge is 0.358 e. The molecular weight excluding hydrogens is 232 g/mol. The van der Waals surface area contributed by atoms with Crippen LogP contribution >= 0.6 is 0 Å². The fourth-order valence-corrected chi connectivity index (χ4v) is 1.76. The topological polar surface area (TPSA) is 71.3 Å². The fourth-order valence-electron chi connectivity index (χ4n) is 1.76. The first-order valence-corrected chi connectivity index (χ1v) is 5.75. The molecule has 1 aromatic heterocycles. The summed E-state index contributed by atoms with van der Waals surface area (Å²) in [7, 11) is 3.55. The molecule has 0 fully saturated rings. The van der Waals surface area contributed by atoms with Crippen molar-refractivity contribution in [3.05, 3.63) is 23.8 Å². The average molecular weight is 248 g/mol. The molecule has 1 heterocycles. The first kappa shape index (κ1) is 12.5. The van der Waals surface area contributed by atoms with E-state index >= 15 is 0 Å². The van der Waals surface area contributed by atoms with Crippen LogP contribution in [-0.2, 0) is 11.3 Å². The third kappa shape index (κ3) is 2.48. The summed E-state index contributed by atoms with van der Waals surface area (Å²) in [5.74, 6) is 0.00156. The quantitative estimate of drug-likeness (QED) is 0.866. The van der Waals surface area contributed by atoms with E-state index in [1.165, 1.54) is 0 Å². The standard InChI is InChI=1S/C12H16N4O2/c1-8(12(17)13-2)16(3)7-9-4-5-10-11(6-9)15-18-14-10/h4-6,8H,7H2,1-3H3,(H,13,17)/t8-/m0/s1. The van der Waals surface area contributed by atoms with Crippen LogP contribution in [-0.4, -0.2) is 41.3 Å². The Balaban J connectivity index is 2.10. The molecule has 0 radical (unpaired) electrons. The number of rotatable bonds is 4. The molecule has 1 aromatic carbocycles. The van der Waals surface area contributed by atoms with Crippen LogP contribution < -0.4 is 5.32 Å². The zero-order valence-electron chi connectivity index (χ0n) is 10.7. The van der Waals surface area contributed by atoms with Gasteiger partial charge < -0.3 is 5.32 Å². The third-order valence-corrected chi connectivity index (χ3v) is 3.04. The van der Waals surface area contributed by atoms with Crippen molar-refractivity contribution in [2.45, 2.75) is 19.5 Å². The van der Waals surface area contributed by atoms with Crippen molar-refractivity contribution < 1.29 is 9.42 Å². The van der Waals surface area contributed by atoms with Crippen molar-refractivity contribution in [1.82, 2.24) is 20.5 Å². The predicted octanol–water partition coefficient (Wildman–Crippen LogP) is 0.789. The molecule has 18 heavy (non-hydrogen) atoms. The average Bonchev–Trinajstić information content (AvgIpc) is 2.84. The lowest BCUT2D eigenvalue weighted by Crippen LogP contribution is -2.41. The van der Waals surface area contributed by atoms with Gasteiger partial charge in [-0.15, -0.1) is 0 Å². The molecule has 1 atom stereocenters. The van der Waals surface area contributed by atoms with E-state index in [0.717, 1.165) is 16.6 Å². The zero-order valence-corrected chi connectivity index (χ0v) is 10.7. The molecule has 96 valence electrons. The summed E-state index contributed by atoms with van der Waals surface area (Å²) < 4.78 is 4.65. The Morgan fingerprint density at radius 2 is 2.17 bits per heavy atom. The molecule has 2 aromatic rings. The van der Waals surface area contributed by atoms with Crippen LogP contribution in [0.5, 0.6) is 0 Å². The van der Waals surface area contributed by atoms with E-state index in [0.29, 0.717) is 6.54 Å². The molecule has 0 aliphatic heterocycles. The summed E-state index contributed by atoms with van der Waals surface area (Å²) in [5.41, 5.74) is 2.53.